The number of benzene rings is 1. The lowest BCUT2D eigenvalue weighted by atomic mass is 10.1. The second-order valence-corrected chi connectivity index (χ2v) is 5.59. The number of aliphatic hydroxyl groups is 1. The Labute approximate surface area is 122 Å². The average molecular weight is 278 g/mol. The van der Waals surface area contributed by atoms with Crippen molar-refractivity contribution in [1.82, 2.24) is 9.80 Å². The predicted molar refractivity (Wildman–Crippen MR) is 80.6 cm³/mol. The van der Waals surface area contributed by atoms with Gasteiger partial charge in [-0.1, -0.05) is 24.3 Å². The van der Waals surface area contributed by atoms with Gasteiger partial charge in [0.1, 0.15) is 0 Å². The van der Waals surface area contributed by atoms with Gasteiger partial charge in [-0.25, -0.2) is 0 Å². The van der Waals surface area contributed by atoms with E-state index in [1.165, 1.54) is 5.56 Å². The quantitative estimate of drug-likeness (QED) is 0.851. The van der Waals surface area contributed by atoms with E-state index >= 15 is 0 Å². The van der Waals surface area contributed by atoms with E-state index in [1.54, 1.807) is 7.11 Å². The molecule has 0 aliphatic carbocycles. The van der Waals surface area contributed by atoms with Crippen molar-refractivity contribution in [2.24, 2.45) is 0 Å². The van der Waals surface area contributed by atoms with Gasteiger partial charge in [0, 0.05) is 45.9 Å². The first-order valence-corrected chi connectivity index (χ1v) is 7.37. The maximum absolute atomic E-state index is 9.05. The molecular weight excluding hydrogens is 252 g/mol. The van der Waals surface area contributed by atoms with Crippen molar-refractivity contribution in [2.75, 3.05) is 39.9 Å². The average Bonchev–Trinajstić information content (AvgIpc) is 2.49. The fourth-order valence-corrected chi connectivity index (χ4v) is 2.72. The number of rotatable bonds is 6. The molecule has 1 unspecified atom stereocenters. The number of methoxy groups -OCH3 is 1. The molecule has 1 aliphatic heterocycles. The molecule has 0 saturated carbocycles. The van der Waals surface area contributed by atoms with Crippen LogP contribution in [0.5, 0.6) is 0 Å². The van der Waals surface area contributed by atoms with Gasteiger partial charge in [0.05, 0.1) is 13.2 Å². The van der Waals surface area contributed by atoms with Crippen LogP contribution >= 0.6 is 0 Å². The van der Waals surface area contributed by atoms with Crippen LogP contribution in [0.2, 0.25) is 0 Å². The first-order chi connectivity index (χ1) is 9.72. The fraction of sp³-hybridized carbons (Fsp3) is 0.625. The summed E-state index contributed by atoms with van der Waals surface area (Å²) in [4.78, 5) is 4.98. The van der Waals surface area contributed by atoms with Gasteiger partial charge in [0.25, 0.3) is 0 Å². The normalized spacial score (nSPS) is 19.1. The Morgan fingerprint density at radius 3 is 2.25 bits per heavy atom. The molecule has 0 bridgehead atoms. The standard InChI is InChI=1S/C16H26N2O2/c1-14(13-20-2)18-9-7-17(8-10-18)11-15-3-5-16(12-19)6-4-15/h3-6,14,19H,7-13H2,1-2H3. The SMILES string of the molecule is COCC(C)N1CCN(Cc2ccc(CO)cc2)CC1. The summed E-state index contributed by atoms with van der Waals surface area (Å²) in [5, 5.41) is 9.05. The lowest BCUT2D eigenvalue weighted by molar-refractivity contribution is 0.0549. The monoisotopic (exact) mass is 278 g/mol. The highest BCUT2D eigenvalue weighted by molar-refractivity contribution is 5.21. The van der Waals surface area contributed by atoms with E-state index in [0.29, 0.717) is 6.04 Å². The van der Waals surface area contributed by atoms with Crippen molar-refractivity contribution < 1.29 is 9.84 Å². The molecule has 1 atom stereocenters. The Morgan fingerprint density at radius 1 is 1.10 bits per heavy atom. The Hall–Kier alpha value is -0.940. The van der Waals surface area contributed by atoms with Gasteiger partial charge in [-0.3, -0.25) is 9.80 Å². The van der Waals surface area contributed by atoms with Crippen LogP contribution in [0.3, 0.4) is 0 Å². The highest BCUT2D eigenvalue weighted by Crippen LogP contribution is 2.12. The minimum absolute atomic E-state index is 0.121. The second-order valence-electron chi connectivity index (χ2n) is 5.59. The number of piperazine rings is 1. The molecule has 1 aromatic carbocycles. The van der Waals surface area contributed by atoms with Crippen LogP contribution in [0.15, 0.2) is 24.3 Å². The molecule has 1 aromatic rings. The van der Waals surface area contributed by atoms with Gasteiger partial charge < -0.3 is 9.84 Å². The van der Waals surface area contributed by atoms with Crippen LogP contribution in [0, 0.1) is 0 Å². The van der Waals surface area contributed by atoms with Crippen LogP contribution in [0.4, 0.5) is 0 Å². The van der Waals surface area contributed by atoms with Crippen molar-refractivity contribution in [1.29, 1.82) is 0 Å². The first-order valence-electron chi connectivity index (χ1n) is 7.37. The topological polar surface area (TPSA) is 35.9 Å². The molecule has 112 valence electrons. The van der Waals surface area contributed by atoms with Gasteiger partial charge >= 0.3 is 0 Å². The molecule has 1 N–H and O–H groups in total. The fourth-order valence-electron chi connectivity index (χ4n) is 2.72. The zero-order valence-electron chi connectivity index (χ0n) is 12.6. The third kappa shape index (κ3) is 4.28. The number of hydrogen-bond acceptors (Lipinski definition) is 4. The van der Waals surface area contributed by atoms with E-state index in [1.807, 2.05) is 12.1 Å². The molecule has 1 saturated heterocycles. The van der Waals surface area contributed by atoms with Crippen molar-refractivity contribution >= 4 is 0 Å². The highest BCUT2D eigenvalue weighted by Gasteiger charge is 2.20. The largest absolute Gasteiger partial charge is 0.392 e. The van der Waals surface area contributed by atoms with Gasteiger partial charge in [-0.15, -0.1) is 0 Å². The lowest BCUT2D eigenvalue weighted by Crippen LogP contribution is -2.50. The van der Waals surface area contributed by atoms with Crippen LogP contribution in [0.1, 0.15) is 18.1 Å². The van der Waals surface area contributed by atoms with E-state index in [9.17, 15) is 0 Å². The van der Waals surface area contributed by atoms with Gasteiger partial charge in [-0.05, 0) is 18.1 Å². The minimum Gasteiger partial charge on any atom is -0.392 e. The molecule has 1 heterocycles. The summed E-state index contributed by atoms with van der Waals surface area (Å²) >= 11 is 0. The van der Waals surface area contributed by atoms with E-state index in [-0.39, 0.29) is 6.61 Å². The molecular formula is C16H26N2O2. The summed E-state index contributed by atoms with van der Waals surface area (Å²) in [5.74, 6) is 0. The summed E-state index contributed by atoms with van der Waals surface area (Å²) in [5.41, 5.74) is 2.30. The molecule has 20 heavy (non-hydrogen) atoms. The third-order valence-corrected chi connectivity index (χ3v) is 4.05. The lowest BCUT2D eigenvalue weighted by Gasteiger charge is -2.37. The number of aliphatic hydroxyl groups excluding tert-OH is 1. The molecule has 0 spiro atoms. The Bertz CT molecular complexity index is 386. The molecule has 0 aromatic heterocycles. The molecule has 4 nitrogen and oxygen atoms in total. The maximum Gasteiger partial charge on any atom is 0.0681 e. The van der Waals surface area contributed by atoms with Crippen molar-refractivity contribution in [3.05, 3.63) is 35.4 Å². The van der Waals surface area contributed by atoms with E-state index in [4.69, 9.17) is 9.84 Å². The number of nitrogens with zero attached hydrogens (tertiary/aromatic N) is 2. The summed E-state index contributed by atoms with van der Waals surface area (Å²) in [6.07, 6.45) is 0. The molecule has 1 aliphatic rings. The van der Waals surface area contributed by atoms with E-state index in [0.717, 1.165) is 44.9 Å². The Morgan fingerprint density at radius 2 is 1.70 bits per heavy atom. The van der Waals surface area contributed by atoms with Crippen molar-refractivity contribution in [3.8, 4) is 0 Å². The molecule has 2 rings (SSSR count). The van der Waals surface area contributed by atoms with Gasteiger partial charge in [-0.2, -0.15) is 0 Å². The van der Waals surface area contributed by atoms with E-state index in [2.05, 4.69) is 28.9 Å². The van der Waals surface area contributed by atoms with Crippen LogP contribution in [0.25, 0.3) is 0 Å². The molecule has 1 fully saturated rings. The summed E-state index contributed by atoms with van der Waals surface area (Å²) < 4.78 is 5.23. The van der Waals surface area contributed by atoms with Crippen molar-refractivity contribution in [3.63, 3.8) is 0 Å². The van der Waals surface area contributed by atoms with Crippen LogP contribution < -0.4 is 0 Å². The Kier molecular flexibility index (Phi) is 5.98. The summed E-state index contributed by atoms with van der Waals surface area (Å²) in [6.45, 7) is 8.59. The summed E-state index contributed by atoms with van der Waals surface area (Å²) in [6, 6.07) is 8.75. The second kappa shape index (κ2) is 7.74. The minimum atomic E-state index is 0.121. The first kappa shape index (κ1) is 15.4. The zero-order chi connectivity index (χ0) is 14.4. The number of hydrogen-bond donors (Lipinski definition) is 1. The van der Waals surface area contributed by atoms with Crippen LogP contribution in [-0.2, 0) is 17.9 Å². The smallest absolute Gasteiger partial charge is 0.0681 e. The molecule has 0 amide bonds. The third-order valence-electron chi connectivity index (χ3n) is 4.05. The molecule has 0 radical (unpaired) electrons. The summed E-state index contributed by atoms with van der Waals surface area (Å²) in [7, 11) is 1.77. The maximum atomic E-state index is 9.05. The van der Waals surface area contributed by atoms with E-state index < -0.39 is 0 Å². The highest BCUT2D eigenvalue weighted by atomic mass is 16.5. The van der Waals surface area contributed by atoms with Crippen molar-refractivity contribution in [2.45, 2.75) is 26.1 Å². The Balaban J connectivity index is 1.78. The zero-order valence-corrected chi connectivity index (χ0v) is 12.6. The van der Waals surface area contributed by atoms with Crippen LogP contribution in [-0.4, -0.2) is 60.8 Å². The van der Waals surface area contributed by atoms with Gasteiger partial charge in [0.2, 0.25) is 0 Å². The predicted octanol–water partition coefficient (Wildman–Crippen LogP) is 1.33. The van der Waals surface area contributed by atoms with Gasteiger partial charge in [0.15, 0.2) is 0 Å². The number of ether oxygens (including phenoxy) is 1. The molecule has 4 heteroatoms.